The largest absolute Gasteiger partial charge is 0.507 e. The van der Waals surface area contributed by atoms with Crippen LogP contribution in [0.2, 0.25) is 5.15 Å². The van der Waals surface area contributed by atoms with Crippen LogP contribution in [-0.4, -0.2) is 28.1 Å². The Morgan fingerprint density at radius 1 is 1.30 bits per heavy atom. The Morgan fingerprint density at radius 3 is 2.75 bits per heavy atom. The number of halogens is 1. The molecule has 1 aromatic heterocycles. The number of nitrogens with zero attached hydrogens (tertiary/aromatic N) is 3. The molecular weight excluding hydrogens is 280 g/mol. The van der Waals surface area contributed by atoms with Crippen molar-refractivity contribution < 1.29 is 9.84 Å². The lowest BCUT2D eigenvalue weighted by molar-refractivity contribution is 0.412. The molecule has 7 heteroatoms. The smallest absolute Gasteiger partial charge is 0.168 e. The number of phenolic OH excluding ortho intramolecular Hbond substituents is 1. The van der Waals surface area contributed by atoms with Gasteiger partial charge in [-0.2, -0.15) is 5.10 Å². The van der Waals surface area contributed by atoms with Gasteiger partial charge >= 0.3 is 0 Å². The van der Waals surface area contributed by atoms with Crippen LogP contribution in [0.3, 0.4) is 0 Å². The SMILES string of the molecule is COc1ccc(O)c(/C(C)=N/Nc2ccc(Cl)nn2)c1. The second kappa shape index (κ2) is 6.21. The van der Waals surface area contributed by atoms with Crippen molar-refractivity contribution in [1.82, 2.24) is 10.2 Å². The Bertz CT molecular complexity index is 629. The third kappa shape index (κ3) is 3.36. The van der Waals surface area contributed by atoms with Crippen LogP contribution in [0.4, 0.5) is 5.82 Å². The summed E-state index contributed by atoms with van der Waals surface area (Å²) >= 11 is 5.64. The molecule has 0 aliphatic heterocycles. The zero-order chi connectivity index (χ0) is 14.5. The van der Waals surface area contributed by atoms with Crippen molar-refractivity contribution in [2.45, 2.75) is 6.92 Å². The molecule has 6 nitrogen and oxygen atoms in total. The van der Waals surface area contributed by atoms with Crippen LogP contribution in [-0.2, 0) is 0 Å². The van der Waals surface area contributed by atoms with Gasteiger partial charge in [0.05, 0.1) is 12.8 Å². The lowest BCUT2D eigenvalue weighted by Crippen LogP contribution is -2.02. The highest BCUT2D eigenvalue weighted by molar-refractivity contribution is 6.29. The van der Waals surface area contributed by atoms with Gasteiger partial charge in [-0.25, -0.2) is 0 Å². The summed E-state index contributed by atoms with van der Waals surface area (Å²) < 4.78 is 5.11. The topological polar surface area (TPSA) is 79.6 Å². The van der Waals surface area contributed by atoms with E-state index < -0.39 is 0 Å². The molecule has 2 rings (SSSR count). The van der Waals surface area contributed by atoms with E-state index in [-0.39, 0.29) is 5.75 Å². The maximum atomic E-state index is 9.82. The molecule has 104 valence electrons. The van der Waals surface area contributed by atoms with Gasteiger partial charge < -0.3 is 9.84 Å². The van der Waals surface area contributed by atoms with Crippen LogP contribution in [0.1, 0.15) is 12.5 Å². The number of methoxy groups -OCH3 is 1. The quantitative estimate of drug-likeness (QED) is 0.669. The lowest BCUT2D eigenvalue weighted by Gasteiger charge is -2.07. The molecule has 2 aromatic rings. The van der Waals surface area contributed by atoms with Crippen LogP contribution in [0.5, 0.6) is 11.5 Å². The second-order valence-electron chi connectivity index (χ2n) is 3.93. The monoisotopic (exact) mass is 292 g/mol. The first-order valence-corrected chi connectivity index (χ1v) is 6.15. The molecule has 0 amide bonds. The van der Waals surface area contributed by atoms with E-state index in [1.807, 2.05) is 0 Å². The molecule has 0 saturated heterocycles. The van der Waals surface area contributed by atoms with Gasteiger partial charge in [-0.15, -0.1) is 10.2 Å². The molecule has 0 fully saturated rings. The summed E-state index contributed by atoms with van der Waals surface area (Å²) in [6, 6.07) is 8.17. The van der Waals surface area contributed by atoms with Gasteiger partial charge in [-0.1, -0.05) is 11.6 Å². The molecule has 0 bridgehead atoms. The number of nitrogens with one attached hydrogen (secondary N) is 1. The first-order chi connectivity index (χ1) is 9.60. The zero-order valence-corrected chi connectivity index (χ0v) is 11.7. The minimum absolute atomic E-state index is 0.121. The molecule has 2 N–H and O–H groups in total. The fourth-order valence-electron chi connectivity index (χ4n) is 1.51. The Hall–Kier alpha value is -2.34. The fraction of sp³-hybridized carbons (Fsp3) is 0.154. The van der Waals surface area contributed by atoms with E-state index in [0.29, 0.717) is 28.0 Å². The van der Waals surface area contributed by atoms with Crippen LogP contribution < -0.4 is 10.2 Å². The van der Waals surface area contributed by atoms with E-state index >= 15 is 0 Å². The van der Waals surface area contributed by atoms with Crippen molar-refractivity contribution in [1.29, 1.82) is 0 Å². The van der Waals surface area contributed by atoms with Gasteiger partial charge in [0.2, 0.25) is 0 Å². The summed E-state index contributed by atoms with van der Waals surface area (Å²) in [4.78, 5) is 0. The van der Waals surface area contributed by atoms with Crippen LogP contribution >= 0.6 is 11.6 Å². The van der Waals surface area contributed by atoms with Gasteiger partial charge in [0.15, 0.2) is 11.0 Å². The predicted octanol–water partition coefficient (Wildman–Crippen LogP) is 2.68. The molecule has 1 heterocycles. The van der Waals surface area contributed by atoms with Crippen molar-refractivity contribution in [2.24, 2.45) is 5.10 Å². The Morgan fingerprint density at radius 2 is 2.10 bits per heavy atom. The second-order valence-corrected chi connectivity index (χ2v) is 4.32. The molecule has 20 heavy (non-hydrogen) atoms. The molecule has 0 aliphatic carbocycles. The number of anilines is 1. The Balaban J connectivity index is 2.19. The van der Waals surface area contributed by atoms with Gasteiger partial charge in [-0.05, 0) is 37.3 Å². The first-order valence-electron chi connectivity index (χ1n) is 5.77. The van der Waals surface area contributed by atoms with E-state index in [1.165, 1.54) is 0 Å². The molecule has 0 atom stereocenters. The van der Waals surface area contributed by atoms with Crippen molar-refractivity contribution >= 4 is 23.1 Å². The zero-order valence-electron chi connectivity index (χ0n) is 11.0. The number of rotatable bonds is 4. The molecule has 0 unspecified atom stereocenters. The third-order valence-corrected chi connectivity index (χ3v) is 2.77. The van der Waals surface area contributed by atoms with Crippen molar-refractivity contribution in [3.63, 3.8) is 0 Å². The number of ether oxygens (including phenoxy) is 1. The Labute approximate surface area is 121 Å². The summed E-state index contributed by atoms with van der Waals surface area (Å²) in [6.45, 7) is 1.75. The van der Waals surface area contributed by atoms with E-state index in [4.69, 9.17) is 16.3 Å². The van der Waals surface area contributed by atoms with Crippen LogP contribution in [0.25, 0.3) is 0 Å². The van der Waals surface area contributed by atoms with Gasteiger partial charge in [0, 0.05) is 5.56 Å². The highest BCUT2D eigenvalue weighted by Gasteiger charge is 2.06. The van der Waals surface area contributed by atoms with Crippen molar-refractivity contribution in [2.75, 3.05) is 12.5 Å². The highest BCUT2D eigenvalue weighted by Crippen LogP contribution is 2.23. The normalized spacial score (nSPS) is 11.2. The highest BCUT2D eigenvalue weighted by atomic mass is 35.5. The number of aromatic nitrogens is 2. The maximum absolute atomic E-state index is 9.82. The number of aromatic hydroxyl groups is 1. The molecule has 0 aliphatic rings. The summed E-state index contributed by atoms with van der Waals surface area (Å²) in [5, 5.41) is 21.8. The van der Waals surface area contributed by atoms with Crippen LogP contribution in [0, 0.1) is 0 Å². The summed E-state index contributed by atoms with van der Waals surface area (Å²) in [7, 11) is 1.56. The van der Waals surface area contributed by atoms with Gasteiger partial charge in [-0.3, -0.25) is 5.43 Å². The number of phenols is 1. The van der Waals surface area contributed by atoms with Gasteiger partial charge in [0.1, 0.15) is 11.5 Å². The van der Waals surface area contributed by atoms with Crippen molar-refractivity contribution in [3.8, 4) is 11.5 Å². The predicted molar refractivity (Wildman–Crippen MR) is 77.5 cm³/mol. The van der Waals surface area contributed by atoms with Gasteiger partial charge in [0.25, 0.3) is 0 Å². The Kier molecular flexibility index (Phi) is 4.37. The first kappa shape index (κ1) is 14.1. The summed E-state index contributed by atoms with van der Waals surface area (Å²) in [5.74, 6) is 1.21. The minimum Gasteiger partial charge on any atom is -0.507 e. The summed E-state index contributed by atoms with van der Waals surface area (Å²) in [6.07, 6.45) is 0. The van der Waals surface area contributed by atoms with E-state index in [9.17, 15) is 5.11 Å². The number of hydrogen-bond acceptors (Lipinski definition) is 6. The van der Waals surface area contributed by atoms with Crippen molar-refractivity contribution in [3.05, 3.63) is 41.0 Å². The maximum Gasteiger partial charge on any atom is 0.168 e. The lowest BCUT2D eigenvalue weighted by atomic mass is 10.1. The number of benzene rings is 1. The third-order valence-electron chi connectivity index (χ3n) is 2.56. The van der Waals surface area contributed by atoms with Crippen LogP contribution in [0.15, 0.2) is 35.4 Å². The number of hydrazone groups is 1. The average molecular weight is 293 g/mol. The molecule has 0 saturated carbocycles. The average Bonchev–Trinajstić information content (AvgIpc) is 2.47. The molecule has 1 aromatic carbocycles. The van der Waals surface area contributed by atoms with E-state index in [2.05, 4.69) is 20.7 Å². The standard InChI is InChI=1S/C13H13ClN4O2/c1-8(10-7-9(20-2)3-4-11(10)19)15-17-13-6-5-12(14)16-18-13/h3-7,19H,1-2H3,(H,17,18)/b15-8+. The number of hydrogen-bond donors (Lipinski definition) is 2. The summed E-state index contributed by atoms with van der Waals surface area (Å²) in [5.41, 5.74) is 3.89. The van der Waals surface area contributed by atoms with E-state index in [1.54, 1.807) is 44.4 Å². The molecular formula is C13H13ClN4O2. The fourth-order valence-corrected chi connectivity index (χ4v) is 1.61. The molecule has 0 spiro atoms. The minimum atomic E-state index is 0.121. The van der Waals surface area contributed by atoms with E-state index in [0.717, 1.165) is 0 Å². The molecule has 0 radical (unpaired) electrons.